The van der Waals surface area contributed by atoms with E-state index in [4.69, 9.17) is 14.7 Å². The van der Waals surface area contributed by atoms with Crippen LogP contribution in [0.1, 0.15) is 57.8 Å². The fourth-order valence-corrected chi connectivity index (χ4v) is 2.30. The lowest BCUT2D eigenvalue weighted by Crippen LogP contribution is -2.11. The van der Waals surface area contributed by atoms with Gasteiger partial charge in [0.2, 0.25) is 0 Å². The Hall–Kier alpha value is -1.96. The van der Waals surface area contributed by atoms with E-state index in [2.05, 4.69) is 11.3 Å². The maximum absolute atomic E-state index is 11.6. The topological polar surface area (TPSA) is 68.6 Å². The first-order chi connectivity index (χ1) is 11.3. The molecule has 1 aliphatic carbocycles. The Bertz CT molecular complexity index is 431. The Labute approximate surface area is 138 Å². The number of unbranched alkanes of at least 4 members (excludes halogenated alkanes) is 4. The van der Waals surface area contributed by atoms with Gasteiger partial charge in [0.1, 0.15) is 25.6 Å². The smallest absolute Gasteiger partial charge is 0.305 e. The van der Waals surface area contributed by atoms with Gasteiger partial charge in [0.15, 0.2) is 0 Å². The van der Waals surface area contributed by atoms with Crippen molar-refractivity contribution in [3.8, 4) is 6.26 Å². The molecule has 0 unspecified atom stereocenters. The molecule has 0 aromatic heterocycles. The normalized spacial score (nSPS) is 12.7. The van der Waals surface area contributed by atoms with Crippen molar-refractivity contribution >= 4 is 5.97 Å². The van der Waals surface area contributed by atoms with Crippen LogP contribution in [0, 0.1) is 11.5 Å². The minimum absolute atomic E-state index is 0.169. The predicted molar refractivity (Wildman–Crippen MR) is 87.3 cm³/mol. The molecule has 0 bridgehead atoms. The number of ether oxygens (including phenoxy) is 3. The monoisotopic (exact) mass is 321 g/mol. The van der Waals surface area contributed by atoms with Crippen LogP contribution in [0.15, 0.2) is 24.0 Å². The zero-order chi connectivity index (χ0) is 16.8. The van der Waals surface area contributed by atoms with E-state index in [1.807, 2.05) is 0 Å². The van der Waals surface area contributed by atoms with Crippen molar-refractivity contribution in [1.82, 2.24) is 0 Å². The van der Waals surface area contributed by atoms with Crippen LogP contribution in [0.2, 0.25) is 0 Å². The van der Waals surface area contributed by atoms with E-state index in [0.717, 1.165) is 50.7 Å². The Morgan fingerprint density at radius 2 is 1.78 bits per heavy atom. The summed E-state index contributed by atoms with van der Waals surface area (Å²) in [6.45, 7) is 4.90. The lowest BCUT2D eigenvalue weighted by atomic mass is 9.91. The first kappa shape index (κ1) is 19.1. The average molecular weight is 321 g/mol. The number of hydrogen-bond acceptors (Lipinski definition) is 5. The summed E-state index contributed by atoms with van der Waals surface area (Å²) in [6.07, 6.45) is 12.0. The molecule has 1 rings (SSSR count). The number of nitrogens with zero attached hydrogens (tertiary/aromatic N) is 1. The maximum Gasteiger partial charge on any atom is 0.305 e. The number of carbonyl (C=O) groups is 1. The van der Waals surface area contributed by atoms with Crippen molar-refractivity contribution < 1.29 is 19.0 Å². The molecule has 5 nitrogen and oxygen atoms in total. The van der Waals surface area contributed by atoms with Gasteiger partial charge in [-0.1, -0.05) is 25.8 Å². The van der Waals surface area contributed by atoms with Gasteiger partial charge in [-0.25, -0.2) is 0 Å². The lowest BCUT2D eigenvalue weighted by Gasteiger charge is -2.20. The van der Waals surface area contributed by atoms with E-state index >= 15 is 0 Å². The second-order valence-electron chi connectivity index (χ2n) is 5.55. The van der Waals surface area contributed by atoms with E-state index in [-0.39, 0.29) is 12.6 Å². The number of nitriles is 1. The van der Waals surface area contributed by atoms with Crippen molar-refractivity contribution in [2.75, 3.05) is 19.8 Å². The molecule has 5 heteroatoms. The summed E-state index contributed by atoms with van der Waals surface area (Å²) in [5.74, 6) is 0.686. The van der Waals surface area contributed by atoms with Crippen molar-refractivity contribution in [2.24, 2.45) is 0 Å². The number of esters is 1. The van der Waals surface area contributed by atoms with Gasteiger partial charge in [-0.3, -0.25) is 4.79 Å². The molecule has 1 saturated carbocycles. The van der Waals surface area contributed by atoms with Crippen molar-refractivity contribution in [3.63, 3.8) is 0 Å². The van der Waals surface area contributed by atoms with Crippen LogP contribution in [0.4, 0.5) is 0 Å². The maximum atomic E-state index is 11.6. The molecular weight excluding hydrogens is 294 g/mol. The molecule has 0 N–H and O–H groups in total. The molecule has 1 fully saturated rings. The molecule has 0 aromatic carbocycles. The first-order valence-electron chi connectivity index (χ1n) is 8.41. The summed E-state index contributed by atoms with van der Waals surface area (Å²) in [6, 6.07) is 0. The van der Waals surface area contributed by atoms with Crippen LogP contribution in [-0.2, 0) is 19.0 Å². The summed E-state index contributed by atoms with van der Waals surface area (Å²) < 4.78 is 15.3. The first-order valence-corrected chi connectivity index (χ1v) is 8.41. The zero-order valence-corrected chi connectivity index (χ0v) is 13.8. The van der Waals surface area contributed by atoms with Gasteiger partial charge in [-0.2, -0.15) is 5.26 Å². The van der Waals surface area contributed by atoms with Crippen molar-refractivity contribution in [3.05, 3.63) is 24.0 Å². The van der Waals surface area contributed by atoms with Gasteiger partial charge in [-0.15, -0.1) is 0 Å². The third-order valence-electron chi connectivity index (χ3n) is 3.79. The summed E-state index contributed by atoms with van der Waals surface area (Å²) in [5, 5.41) is 8.20. The molecule has 0 amide bonds. The Morgan fingerprint density at radius 3 is 2.43 bits per heavy atom. The van der Waals surface area contributed by atoms with Gasteiger partial charge >= 0.3 is 5.97 Å². The molecule has 0 radical (unpaired) electrons. The number of carbonyl (C=O) groups excluding carboxylic acids is 1. The Morgan fingerprint density at radius 1 is 1.09 bits per heavy atom. The summed E-state index contributed by atoms with van der Waals surface area (Å²) in [4.78, 5) is 11.6. The largest absolute Gasteiger partial charge is 0.490 e. The van der Waals surface area contributed by atoms with E-state index in [1.54, 1.807) is 12.3 Å². The highest BCUT2D eigenvalue weighted by molar-refractivity contribution is 5.69. The van der Waals surface area contributed by atoms with Crippen LogP contribution >= 0.6 is 0 Å². The second kappa shape index (κ2) is 12.6. The van der Waals surface area contributed by atoms with Crippen LogP contribution in [-0.4, -0.2) is 25.8 Å². The minimum Gasteiger partial charge on any atom is -0.490 e. The third-order valence-corrected chi connectivity index (χ3v) is 3.79. The fourth-order valence-electron chi connectivity index (χ4n) is 2.30. The molecule has 0 heterocycles. The van der Waals surface area contributed by atoms with Gasteiger partial charge < -0.3 is 14.2 Å². The molecule has 0 aliphatic heterocycles. The molecule has 0 spiro atoms. The summed E-state index contributed by atoms with van der Waals surface area (Å²) in [7, 11) is 0. The zero-order valence-electron chi connectivity index (χ0n) is 13.8. The molecule has 1 aliphatic rings. The molecule has 0 saturated heterocycles. The number of hydrogen-bond donors (Lipinski definition) is 0. The predicted octanol–water partition coefficient (Wildman–Crippen LogP) is 4.01. The van der Waals surface area contributed by atoms with Crippen LogP contribution in [0.5, 0.6) is 0 Å². The highest BCUT2D eigenvalue weighted by atomic mass is 16.6. The van der Waals surface area contributed by atoms with Crippen LogP contribution in [0.25, 0.3) is 0 Å². The molecule has 0 aromatic rings. The molecule has 128 valence electrons. The fraction of sp³-hybridized carbons (Fsp3) is 0.667. The van der Waals surface area contributed by atoms with Gasteiger partial charge in [-0.05, 0) is 43.8 Å². The summed E-state index contributed by atoms with van der Waals surface area (Å²) >= 11 is 0. The summed E-state index contributed by atoms with van der Waals surface area (Å²) in [5.41, 5.74) is 1.31. The molecule has 0 atom stereocenters. The van der Waals surface area contributed by atoms with E-state index < -0.39 is 0 Å². The van der Waals surface area contributed by atoms with Crippen LogP contribution in [0.3, 0.4) is 0 Å². The molecular formula is C18H27NO4. The standard InChI is InChI=1S/C18H27NO4/c1-2-17(16-9-8-10-16)22-13-14-23-18(20)11-6-4-3-5-7-12-21-15-19/h2H,1,3-14H2. The highest BCUT2D eigenvalue weighted by Gasteiger charge is 2.13. The Balaban J connectivity index is 1.92. The number of rotatable bonds is 13. The van der Waals surface area contributed by atoms with E-state index in [1.165, 1.54) is 12.0 Å². The quantitative estimate of drug-likeness (QED) is 0.222. The minimum atomic E-state index is -0.169. The SMILES string of the molecule is C=CC(OCCOC(=O)CCCCCCCOC#N)=C1CCC1. The molecule has 23 heavy (non-hydrogen) atoms. The van der Waals surface area contributed by atoms with E-state index in [9.17, 15) is 4.79 Å². The Kier molecular flexibility index (Phi) is 10.4. The third kappa shape index (κ3) is 8.92. The second-order valence-corrected chi connectivity index (χ2v) is 5.55. The average Bonchev–Trinajstić information content (AvgIpc) is 2.51. The van der Waals surface area contributed by atoms with Gasteiger partial charge in [0, 0.05) is 6.42 Å². The van der Waals surface area contributed by atoms with Crippen molar-refractivity contribution in [1.29, 1.82) is 5.26 Å². The van der Waals surface area contributed by atoms with E-state index in [0.29, 0.717) is 19.6 Å². The van der Waals surface area contributed by atoms with Crippen molar-refractivity contribution in [2.45, 2.75) is 57.8 Å². The highest BCUT2D eigenvalue weighted by Crippen LogP contribution is 2.29. The van der Waals surface area contributed by atoms with Gasteiger partial charge in [0.05, 0.1) is 0 Å². The number of allylic oxidation sites excluding steroid dienone is 2. The van der Waals surface area contributed by atoms with Gasteiger partial charge in [0.25, 0.3) is 6.26 Å². The lowest BCUT2D eigenvalue weighted by molar-refractivity contribution is -0.144. The van der Waals surface area contributed by atoms with Crippen LogP contribution < -0.4 is 0 Å².